The summed E-state index contributed by atoms with van der Waals surface area (Å²) < 4.78 is 80.0. The second-order valence-corrected chi connectivity index (χ2v) is 27.9. The molecule has 15 atom stereocenters. The number of halogens is 6. The van der Waals surface area contributed by atoms with Gasteiger partial charge in [-0.05, 0) is 86.3 Å². The van der Waals surface area contributed by atoms with Gasteiger partial charge in [0.2, 0.25) is 65.2 Å². The number of benzene rings is 2. The first-order valence-electron chi connectivity index (χ1n) is 35.9. The molecule has 0 aliphatic carbocycles. The van der Waals surface area contributed by atoms with Crippen molar-refractivity contribution >= 4 is 101 Å². The monoisotopic (exact) mass is 1650 g/mol. The fourth-order valence-electron chi connectivity index (χ4n) is 10.3. The number of esters is 1. The lowest BCUT2D eigenvalue weighted by atomic mass is 9.95. The molecular weight excluding hydrogens is 1550 g/mol. The summed E-state index contributed by atoms with van der Waals surface area (Å²) in [6.45, 7) is 15.1. The number of cyclic esters (lactones) is 1. The molecule has 24 N–H and O–H groups in total. The minimum Gasteiger partial charge on any atom is -0.497 e. The van der Waals surface area contributed by atoms with E-state index in [1.807, 2.05) is 13.8 Å². The normalized spacial score (nSPS) is 21.7. The van der Waals surface area contributed by atoms with Gasteiger partial charge in [0.05, 0.1) is 38.5 Å². The van der Waals surface area contributed by atoms with E-state index in [2.05, 4.69) is 63.5 Å². The van der Waals surface area contributed by atoms with Gasteiger partial charge in [-0.3, -0.25) is 63.0 Å². The number of carbonyl (C=O) groups is 15. The summed E-state index contributed by atoms with van der Waals surface area (Å²) in [6, 6.07) is -5.61. The molecule has 2 aromatic carbocycles. The highest BCUT2D eigenvalue weighted by molar-refractivity contribution is 6.01. The van der Waals surface area contributed by atoms with Crippen LogP contribution in [0.25, 0.3) is 0 Å². The molecule has 0 radical (unpaired) electrons. The Morgan fingerprint density at radius 2 is 1.16 bits per heavy atom. The number of hydrogen-bond donors (Lipinski definition) is 20. The van der Waals surface area contributed by atoms with Crippen LogP contribution in [0.2, 0.25) is 0 Å². The summed E-state index contributed by atoms with van der Waals surface area (Å²) in [5.41, 5.74) is 23.1. The third kappa shape index (κ3) is 36.6. The van der Waals surface area contributed by atoms with Crippen LogP contribution >= 0.6 is 0 Å². The molecule has 115 heavy (non-hydrogen) atoms. The van der Waals surface area contributed by atoms with E-state index in [0.717, 1.165) is 6.92 Å². The van der Waals surface area contributed by atoms with Crippen molar-refractivity contribution in [3.05, 3.63) is 60.2 Å². The number of nitrogens with two attached hydrogens (primary N) is 4. The van der Waals surface area contributed by atoms with E-state index in [4.69, 9.17) is 56.9 Å². The van der Waals surface area contributed by atoms with Gasteiger partial charge in [0.15, 0.2) is 24.1 Å². The second kappa shape index (κ2) is 48.8. The van der Waals surface area contributed by atoms with E-state index in [1.165, 1.54) is 75.6 Å². The van der Waals surface area contributed by atoms with E-state index in [-0.39, 0.29) is 79.9 Å². The second-order valence-electron chi connectivity index (χ2n) is 27.9. The Balaban J connectivity index is 0.00000429. The van der Waals surface area contributed by atoms with Crippen molar-refractivity contribution in [2.45, 2.75) is 212 Å². The molecule has 45 heteroatoms. The molecule has 646 valence electrons. The standard InChI is InChI=1S/C66H104N16O19.2C2HF3O2/c1-13-35(10)46-60(93)80-47(36(11)84)59(92)72-29-45(85)78-50(53(54(68)87)101-66(98)73-38-21-17-22-39(28-38)99-12)62(95)77-44(30-83)64(97)100-52(37-19-15-14-16-20-37)49(82-58(91)43(27-33(6)7)75-55(88)40(67)25-31(2)3)63(96)81-48(51(86)34(8)9)61(94)76-42(26-32(4)5)57(90)74-41(56(89)79-46)23-18-24-71-65(69)70;2*3-2(4,5)1(6)7/h14-17,19-22,28,31-36,40-44,46-53,83-84,86H,13,18,23-27,29-30,67H2,1-12H3,(H2,68,87)(H,72,92)(H,73,98)(H,74,90)(H,75,88)(H,76,94)(H,77,95)(H,78,85)(H,79,89)(H,80,93)(H,81,96)(H,82,91)(H4,69,70,71);2*(H,6,7)/t35-,36-,40+,41+,42-,43-,44-,46-,47-,48-,49-,50-,51+,52+,53-;;/m0../s1. The fourth-order valence-corrected chi connectivity index (χ4v) is 10.3. The van der Waals surface area contributed by atoms with Crippen LogP contribution in [0, 0.1) is 29.6 Å². The minimum atomic E-state index is -5.08. The molecule has 0 aromatic heterocycles. The van der Waals surface area contributed by atoms with E-state index in [1.54, 1.807) is 41.5 Å². The van der Waals surface area contributed by atoms with Gasteiger partial charge in [0.1, 0.15) is 48.0 Å². The lowest BCUT2D eigenvalue weighted by molar-refractivity contribution is -0.193. The van der Waals surface area contributed by atoms with Gasteiger partial charge in [-0.15, -0.1) is 0 Å². The van der Waals surface area contributed by atoms with Gasteiger partial charge in [0.25, 0.3) is 5.91 Å². The topological polar surface area (TPSA) is 634 Å². The molecule has 1 fully saturated rings. The molecular formula is C70H106F6N16O23. The number of hydrogen-bond acceptors (Lipinski definition) is 23. The molecule has 0 bridgehead atoms. The summed E-state index contributed by atoms with van der Waals surface area (Å²) >= 11 is 0. The number of rotatable bonds is 26. The average Bonchev–Trinajstić information content (AvgIpc) is 0.810. The quantitative estimate of drug-likeness (QED) is 0.0161. The molecule has 0 unspecified atom stereocenters. The van der Waals surface area contributed by atoms with E-state index in [0.29, 0.717) is 0 Å². The minimum absolute atomic E-state index is 0.0150. The van der Waals surface area contributed by atoms with Crippen molar-refractivity contribution in [1.29, 1.82) is 0 Å². The Bertz CT molecular complexity index is 3630. The summed E-state index contributed by atoms with van der Waals surface area (Å²) in [6.07, 6.45) is -19.9. The number of carbonyl (C=O) groups excluding carboxylic acids is 13. The van der Waals surface area contributed by atoms with Crippen molar-refractivity contribution in [3.8, 4) is 5.75 Å². The number of aliphatic hydroxyl groups excluding tert-OH is 3. The predicted octanol–water partition coefficient (Wildman–Crippen LogP) is -1.90. The Hall–Kier alpha value is -11.2. The smallest absolute Gasteiger partial charge is 0.490 e. The highest BCUT2D eigenvalue weighted by atomic mass is 19.4. The van der Waals surface area contributed by atoms with E-state index in [9.17, 15) is 94.4 Å². The predicted molar refractivity (Wildman–Crippen MR) is 394 cm³/mol. The van der Waals surface area contributed by atoms with Crippen LogP contribution in [-0.4, -0.2) is 238 Å². The first kappa shape index (κ1) is 102. The van der Waals surface area contributed by atoms with Gasteiger partial charge in [-0.2, -0.15) is 26.3 Å². The number of carboxylic acids is 2. The van der Waals surface area contributed by atoms with E-state index < -0.39 is 217 Å². The molecule has 1 saturated heterocycles. The van der Waals surface area contributed by atoms with Gasteiger partial charge in [-0.25, -0.2) is 19.2 Å². The zero-order valence-electron chi connectivity index (χ0n) is 65.1. The summed E-state index contributed by atoms with van der Waals surface area (Å²) in [5, 5.41) is 74.6. The lowest BCUT2D eigenvalue weighted by Gasteiger charge is -2.34. The molecule has 1 heterocycles. The highest BCUT2D eigenvalue weighted by Crippen LogP contribution is 2.26. The Morgan fingerprint density at radius 3 is 1.65 bits per heavy atom. The van der Waals surface area contributed by atoms with Crippen LogP contribution in [0.3, 0.4) is 0 Å². The number of nitrogens with zero attached hydrogens (tertiary/aromatic N) is 1. The molecule has 1 aliphatic heterocycles. The number of guanidine groups is 1. The van der Waals surface area contributed by atoms with Crippen molar-refractivity contribution in [2.75, 3.05) is 32.1 Å². The number of amides is 12. The Kier molecular flexibility index (Phi) is 43.2. The first-order chi connectivity index (χ1) is 53.3. The van der Waals surface area contributed by atoms with Gasteiger partial charge in [-0.1, -0.05) is 112 Å². The van der Waals surface area contributed by atoms with Gasteiger partial charge < -0.3 is 116 Å². The fraction of sp³-hybridized carbons (Fsp3) is 0.600. The van der Waals surface area contributed by atoms with Crippen LogP contribution in [-0.2, 0) is 76.6 Å². The summed E-state index contributed by atoms with van der Waals surface area (Å²) in [5.74, 6) is -23.0. The number of carboxylic acid groups (broad SMARTS) is 2. The molecule has 1 aliphatic rings. The number of nitrogens with one attached hydrogen (secondary N) is 11. The molecule has 3 rings (SSSR count). The van der Waals surface area contributed by atoms with Crippen LogP contribution in [0.4, 0.5) is 36.8 Å². The number of ether oxygens (including phenoxy) is 3. The number of aliphatic imine (C=N–C) groups is 1. The molecule has 0 saturated carbocycles. The van der Waals surface area contributed by atoms with Gasteiger partial charge in [0, 0.05) is 18.3 Å². The summed E-state index contributed by atoms with van der Waals surface area (Å²) in [7, 11) is 1.33. The van der Waals surface area contributed by atoms with Crippen LogP contribution in [0.15, 0.2) is 59.6 Å². The van der Waals surface area contributed by atoms with Crippen LogP contribution in [0.5, 0.6) is 5.75 Å². The highest BCUT2D eigenvalue weighted by Gasteiger charge is 2.46. The maximum atomic E-state index is 15.6. The largest absolute Gasteiger partial charge is 0.497 e. The molecule has 39 nitrogen and oxygen atoms in total. The number of alkyl halides is 6. The van der Waals surface area contributed by atoms with Crippen molar-refractivity contribution in [2.24, 2.45) is 57.5 Å². The zero-order valence-corrected chi connectivity index (χ0v) is 65.1. The number of methoxy groups -OCH3 is 1. The molecule has 12 amide bonds. The van der Waals surface area contributed by atoms with Crippen molar-refractivity contribution in [3.63, 3.8) is 0 Å². The van der Waals surface area contributed by atoms with Gasteiger partial charge >= 0.3 is 36.4 Å². The van der Waals surface area contributed by atoms with Crippen molar-refractivity contribution in [1.82, 2.24) is 53.2 Å². The van der Waals surface area contributed by atoms with E-state index >= 15 is 9.59 Å². The van der Waals surface area contributed by atoms with Crippen LogP contribution < -0.4 is 86.2 Å². The number of aliphatic hydroxyl groups is 3. The molecule has 0 spiro atoms. The maximum Gasteiger partial charge on any atom is 0.490 e. The van der Waals surface area contributed by atoms with Crippen molar-refractivity contribution < 1.29 is 138 Å². The third-order valence-electron chi connectivity index (χ3n) is 16.5. The Morgan fingerprint density at radius 1 is 0.635 bits per heavy atom. The number of aliphatic carboxylic acids is 2. The molecule has 2 aromatic rings. The first-order valence-corrected chi connectivity index (χ1v) is 35.9. The average molecular weight is 1650 g/mol. The summed E-state index contributed by atoms with van der Waals surface area (Å²) in [4.78, 5) is 209. The van der Waals surface area contributed by atoms with Crippen LogP contribution in [0.1, 0.15) is 126 Å². The number of anilines is 1. The number of primary amides is 1. The maximum absolute atomic E-state index is 15.6. The zero-order chi connectivity index (χ0) is 88.3. The third-order valence-corrected chi connectivity index (χ3v) is 16.5. The Labute approximate surface area is 657 Å². The lowest BCUT2D eigenvalue weighted by Crippen LogP contribution is -2.64. The SMILES string of the molecule is CC[C@H](C)[C@@H]1NC(=O)[C@@H](CCCN=C(N)N)NC(=O)[C@H](CC(C)C)NC(=O)[C@H]([C@H](O)C(C)C)NC(=O)[C@@H](NC(=O)[C@H](CC(C)C)NC(=O)[C@H](N)CC(C)C)[C@@H](c2ccccc2)OC(=O)[C@H](CO)NC(=O)[C@H]([C@H](OC(=O)Nc2cccc(OC)c2)C(N)=O)NC(=O)CNC(=O)[C@H]([C@H](C)O)NC1=O.O=C(O)C(F)(F)F.O=C(O)C(F)(F)F.